The number of rotatable bonds is 4. The summed E-state index contributed by atoms with van der Waals surface area (Å²) >= 11 is 0. The summed E-state index contributed by atoms with van der Waals surface area (Å²) in [6.45, 7) is 14.6. The van der Waals surface area contributed by atoms with Crippen molar-refractivity contribution in [2.75, 3.05) is 0 Å². The summed E-state index contributed by atoms with van der Waals surface area (Å²) in [6.07, 6.45) is 2.50. The lowest BCUT2D eigenvalue weighted by Crippen LogP contribution is -1.97. The van der Waals surface area contributed by atoms with E-state index < -0.39 is 0 Å². The van der Waals surface area contributed by atoms with Crippen LogP contribution < -0.4 is 9.57 Å². The van der Waals surface area contributed by atoms with Crippen LogP contribution in [0.3, 0.4) is 0 Å². The van der Waals surface area contributed by atoms with Gasteiger partial charge in [0.25, 0.3) is 6.26 Å². The van der Waals surface area contributed by atoms with Crippen LogP contribution in [0.1, 0.15) is 33.4 Å². The van der Waals surface area contributed by atoms with Crippen molar-refractivity contribution in [1.29, 1.82) is 5.26 Å². The van der Waals surface area contributed by atoms with Crippen molar-refractivity contribution in [3.05, 3.63) is 69.2 Å². The molecule has 0 aromatic heterocycles. The molecule has 4 heteroatoms. The molecule has 0 radical (unpaired) electrons. The van der Waals surface area contributed by atoms with Gasteiger partial charge < -0.3 is 4.74 Å². The average molecular weight is 306 g/mol. The van der Waals surface area contributed by atoms with E-state index >= 15 is 0 Å². The summed E-state index contributed by atoms with van der Waals surface area (Å²) in [6, 6.07) is 8.15. The van der Waals surface area contributed by atoms with E-state index in [0.717, 1.165) is 39.8 Å². The highest BCUT2D eigenvalue weighted by atomic mass is 16.6. The maximum Gasteiger partial charge on any atom is 0.292 e. The molecular weight excluding hydrogens is 288 g/mol. The van der Waals surface area contributed by atoms with Crippen molar-refractivity contribution in [3.8, 4) is 17.8 Å². The molecule has 0 amide bonds. The number of aryl methyl sites for hydroxylation is 4. The van der Waals surface area contributed by atoms with E-state index in [2.05, 4.69) is 5.01 Å². The Kier molecular flexibility index (Phi) is 4.88. The molecule has 0 heterocycles. The fourth-order valence-corrected chi connectivity index (χ4v) is 2.92. The second kappa shape index (κ2) is 6.85. The van der Waals surface area contributed by atoms with Gasteiger partial charge in [-0.25, -0.2) is 0 Å². The first-order valence-electron chi connectivity index (χ1n) is 7.26. The SMILES string of the molecule is [C-]#[N+]Oc1c(C)cc(Cc2cc(C)c(OC#N)c(C)c2)cc1C. The highest BCUT2D eigenvalue weighted by Crippen LogP contribution is 2.29. The van der Waals surface area contributed by atoms with Crippen molar-refractivity contribution in [3.63, 3.8) is 0 Å². The van der Waals surface area contributed by atoms with Gasteiger partial charge >= 0.3 is 0 Å². The highest BCUT2D eigenvalue weighted by molar-refractivity contribution is 5.48. The van der Waals surface area contributed by atoms with Gasteiger partial charge in [0, 0.05) is 11.1 Å². The fraction of sp³-hybridized carbons (Fsp3) is 0.263. The first-order valence-corrected chi connectivity index (χ1v) is 7.26. The number of nitrogens with zero attached hydrogens (tertiary/aromatic N) is 2. The lowest BCUT2D eigenvalue weighted by Gasteiger charge is -2.11. The zero-order valence-electron chi connectivity index (χ0n) is 13.7. The van der Waals surface area contributed by atoms with Crippen LogP contribution in [0.4, 0.5) is 0 Å². The van der Waals surface area contributed by atoms with E-state index in [9.17, 15) is 0 Å². The van der Waals surface area contributed by atoms with E-state index in [1.807, 2.05) is 52.0 Å². The molecule has 0 spiro atoms. The van der Waals surface area contributed by atoms with Crippen molar-refractivity contribution in [2.24, 2.45) is 0 Å². The molecule has 0 aliphatic rings. The molecule has 0 fully saturated rings. The van der Waals surface area contributed by atoms with Gasteiger partial charge in [-0.1, -0.05) is 24.3 Å². The standard InChI is InChI=1S/C19H18N2O2/c1-12-6-16(7-13(2)18(12)22-11-20)10-17-8-14(3)19(23-21-5)15(4)9-17/h6-9H,10H2,1-4H3. The van der Waals surface area contributed by atoms with Crippen molar-refractivity contribution in [2.45, 2.75) is 34.1 Å². The number of hydrogen-bond acceptors (Lipinski definition) is 3. The van der Waals surface area contributed by atoms with Gasteiger partial charge in [-0.2, -0.15) is 11.4 Å². The Morgan fingerprint density at radius 3 is 1.74 bits per heavy atom. The largest absolute Gasteiger partial charge is 0.387 e. The van der Waals surface area contributed by atoms with Gasteiger partial charge in [-0.3, -0.25) is 0 Å². The Labute approximate surface area is 136 Å². The lowest BCUT2D eigenvalue weighted by molar-refractivity contribution is 0.465. The van der Waals surface area contributed by atoms with Crippen LogP contribution in [0, 0.1) is 45.8 Å². The predicted molar refractivity (Wildman–Crippen MR) is 88.1 cm³/mol. The molecule has 116 valence electrons. The first-order chi connectivity index (χ1) is 11.0. The number of hydrogen-bond donors (Lipinski definition) is 0. The van der Waals surface area contributed by atoms with Gasteiger partial charge in [-0.05, 0) is 61.4 Å². The molecular formula is C19H18N2O2. The van der Waals surface area contributed by atoms with Crippen molar-refractivity contribution < 1.29 is 9.57 Å². The predicted octanol–water partition coefficient (Wildman–Crippen LogP) is 4.58. The molecule has 0 aliphatic carbocycles. The number of nitriles is 1. The zero-order valence-corrected chi connectivity index (χ0v) is 13.7. The number of ether oxygens (including phenoxy) is 1. The lowest BCUT2D eigenvalue weighted by atomic mass is 9.97. The van der Waals surface area contributed by atoms with E-state index in [0.29, 0.717) is 11.5 Å². The van der Waals surface area contributed by atoms with Crippen LogP contribution in [-0.4, -0.2) is 0 Å². The Hall–Kier alpha value is -2.98. The van der Waals surface area contributed by atoms with Crippen LogP contribution in [0.15, 0.2) is 24.3 Å². The molecule has 0 bridgehead atoms. The van der Waals surface area contributed by atoms with E-state index in [-0.39, 0.29) is 0 Å². The molecule has 0 saturated carbocycles. The third-order valence-corrected chi connectivity index (χ3v) is 3.73. The third-order valence-electron chi connectivity index (χ3n) is 3.73. The molecule has 0 saturated heterocycles. The van der Waals surface area contributed by atoms with Crippen LogP contribution in [0.2, 0.25) is 0 Å². The van der Waals surface area contributed by atoms with Crippen LogP contribution in [0.5, 0.6) is 11.5 Å². The van der Waals surface area contributed by atoms with Gasteiger partial charge in [0.2, 0.25) is 5.75 Å². The monoisotopic (exact) mass is 306 g/mol. The minimum absolute atomic E-state index is 0.629. The second-order valence-electron chi connectivity index (χ2n) is 5.67. The Morgan fingerprint density at radius 1 is 0.913 bits per heavy atom. The zero-order chi connectivity index (χ0) is 17.0. The average Bonchev–Trinajstić information content (AvgIpc) is 2.47. The smallest absolute Gasteiger partial charge is 0.292 e. The van der Waals surface area contributed by atoms with Gasteiger partial charge in [0.05, 0.1) is 0 Å². The van der Waals surface area contributed by atoms with Crippen molar-refractivity contribution >= 4 is 0 Å². The first kappa shape index (κ1) is 16.4. The molecule has 2 aromatic carbocycles. The maximum absolute atomic E-state index is 8.70. The minimum atomic E-state index is 0.629. The normalized spacial score (nSPS) is 9.83. The third kappa shape index (κ3) is 3.62. The molecule has 4 nitrogen and oxygen atoms in total. The molecule has 0 unspecified atom stereocenters. The maximum atomic E-state index is 8.70. The summed E-state index contributed by atoms with van der Waals surface area (Å²) in [4.78, 5) is 5.00. The summed E-state index contributed by atoms with van der Waals surface area (Å²) < 4.78 is 5.01. The van der Waals surface area contributed by atoms with Gasteiger partial charge in [-0.15, -0.1) is 5.26 Å². The quantitative estimate of drug-likeness (QED) is 0.472. The molecule has 23 heavy (non-hydrogen) atoms. The minimum Gasteiger partial charge on any atom is -0.387 e. The van der Waals surface area contributed by atoms with Gasteiger partial charge in [0.15, 0.2) is 0 Å². The Balaban J connectivity index is 2.34. The Morgan fingerprint density at radius 2 is 1.35 bits per heavy atom. The summed E-state index contributed by atoms with van der Waals surface area (Å²) in [5.74, 6) is 1.26. The van der Waals surface area contributed by atoms with Crippen LogP contribution >= 0.6 is 0 Å². The number of benzene rings is 2. The molecule has 2 rings (SSSR count). The molecule has 2 aromatic rings. The van der Waals surface area contributed by atoms with Crippen LogP contribution in [-0.2, 0) is 6.42 Å². The van der Waals surface area contributed by atoms with E-state index in [1.54, 1.807) is 6.26 Å². The van der Waals surface area contributed by atoms with E-state index in [4.69, 9.17) is 21.4 Å². The van der Waals surface area contributed by atoms with Gasteiger partial charge in [0.1, 0.15) is 5.75 Å². The fourth-order valence-electron chi connectivity index (χ4n) is 2.92. The molecule has 0 atom stereocenters. The summed E-state index contributed by atoms with van der Waals surface area (Å²) in [7, 11) is 0. The second-order valence-corrected chi connectivity index (χ2v) is 5.67. The Bertz CT molecular complexity index is 711. The van der Waals surface area contributed by atoms with E-state index in [1.165, 1.54) is 0 Å². The topological polar surface area (TPSA) is 46.6 Å². The molecule has 0 aliphatic heterocycles. The summed E-state index contributed by atoms with van der Waals surface area (Å²) in [5, 5.41) is 11.7. The highest BCUT2D eigenvalue weighted by Gasteiger charge is 2.12. The van der Waals surface area contributed by atoms with Crippen LogP contribution in [0.25, 0.3) is 5.01 Å². The molecule has 0 N–H and O–H groups in total. The van der Waals surface area contributed by atoms with Crippen molar-refractivity contribution in [1.82, 2.24) is 0 Å². The summed E-state index contributed by atoms with van der Waals surface area (Å²) in [5.41, 5.74) is 6.11.